The number of rotatable bonds is 7. The molecular formula is C26H25N3O3S. The van der Waals surface area contributed by atoms with Crippen molar-refractivity contribution in [1.82, 2.24) is 0 Å². The van der Waals surface area contributed by atoms with Gasteiger partial charge in [0, 0.05) is 16.8 Å². The first-order valence-corrected chi connectivity index (χ1v) is 11.6. The molecular weight excluding hydrogens is 434 g/mol. The number of amides is 1. The Morgan fingerprint density at radius 2 is 2.06 bits per heavy atom. The number of ether oxygens (including phenoxy) is 2. The number of benzene rings is 2. The largest absolute Gasteiger partial charge is 0.493 e. The molecule has 1 amide bonds. The van der Waals surface area contributed by atoms with E-state index in [4.69, 9.17) is 9.47 Å². The normalized spacial score (nSPS) is 12.8. The minimum absolute atomic E-state index is 0.135. The Morgan fingerprint density at radius 3 is 2.85 bits per heavy atom. The maximum atomic E-state index is 12.2. The predicted molar refractivity (Wildman–Crippen MR) is 131 cm³/mol. The van der Waals surface area contributed by atoms with Crippen LogP contribution in [0.3, 0.4) is 0 Å². The summed E-state index contributed by atoms with van der Waals surface area (Å²) in [5.74, 6) is 0.727. The number of methoxy groups -OCH3 is 1. The summed E-state index contributed by atoms with van der Waals surface area (Å²) in [5, 5.41) is 13.2. The van der Waals surface area contributed by atoms with Gasteiger partial charge in [-0.1, -0.05) is 12.1 Å². The molecule has 1 aliphatic carbocycles. The van der Waals surface area contributed by atoms with Gasteiger partial charge in [-0.25, -0.2) is 4.99 Å². The van der Waals surface area contributed by atoms with Gasteiger partial charge in [-0.15, -0.1) is 11.3 Å². The van der Waals surface area contributed by atoms with Crippen LogP contribution in [0.15, 0.2) is 47.5 Å². The van der Waals surface area contributed by atoms with Crippen molar-refractivity contribution in [2.45, 2.75) is 32.6 Å². The minimum atomic E-state index is -0.251. The van der Waals surface area contributed by atoms with Gasteiger partial charge in [0.1, 0.15) is 11.1 Å². The Bertz CT molecular complexity index is 1240. The molecule has 0 radical (unpaired) electrons. The van der Waals surface area contributed by atoms with Crippen LogP contribution in [0.2, 0.25) is 0 Å². The zero-order chi connectivity index (χ0) is 23.2. The maximum Gasteiger partial charge on any atom is 0.262 e. The summed E-state index contributed by atoms with van der Waals surface area (Å²) >= 11 is 1.61. The zero-order valence-corrected chi connectivity index (χ0v) is 19.5. The van der Waals surface area contributed by atoms with Crippen LogP contribution in [-0.2, 0) is 17.6 Å². The number of fused-ring (bicyclic) bond motifs is 1. The number of thiophene rings is 1. The summed E-state index contributed by atoms with van der Waals surface area (Å²) in [5.41, 5.74) is 4.49. The van der Waals surface area contributed by atoms with Crippen LogP contribution in [0.1, 0.15) is 40.0 Å². The number of carbonyl (C=O) groups excluding carboxylic acids is 1. The third-order valence-electron chi connectivity index (χ3n) is 5.44. The van der Waals surface area contributed by atoms with Crippen molar-refractivity contribution in [1.29, 1.82) is 5.26 Å². The van der Waals surface area contributed by atoms with Gasteiger partial charge in [0.25, 0.3) is 5.91 Å². The highest BCUT2D eigenvalue weighted by atomic mass is 32.1. The second-order valence-corrected chi connectivity index (χ2v) is 8.96. The van der Waals surface area contributed by atoms with Gasteiger partial charge in [0.05, 0.1) is 12.7 Å². The number of anilines is 1. The van der Waals surface area contributed by atoms with E-state index in [-0.39, 0.29) is 12.5 Å². The van der Waals surface area contributed by atoms with Crippen molar-refractivity contribution >= 4 is 34.1 Å². The third-order valence-corrected chi connectivity index (χ3v) is 6.64. The van der Waals surface area contributed by atoms with Gasteiger partial charge in [0.2, 0.25) is 0 Å². The first kappa shape index (κ1) is 22.6. The fourth-order valence-corrected chi connectivity index (χ4v) is 5.02. The summed E-state index contributed by atoms with van der Waals surface area (Å²) in [4.78, 5) is 18.1. The van der Waals surface area contributed by atoms with Crippen LogP contribution in [0.25, 0.3) is 0 Å². The first-order chi connectivity index (χ1) is 16.1. The van der Waals surface area contributed by atoms with Crippen LogP contribution in [-0.4, -0.2) is 25.8 Å². The number of nitriles is 1. The van der Waals surface area contributed by atoms with Crippen molar-refractivity contribution in [3.05, 3.63) is 69.6 Å². The molecule has 0 atom stereocenters. The highest BCUT2D eigenvalue weighted by molar-refractivity contribution is 7.16. The second-order valence-electron chi connectivity index (χ2n) is 7.88. The van der Waals surface area contributed by atoms with Crippen LogP contribution in [0, 0.1) is 18.3 Å². The van der Waals surface area contributed by atoms with E-state index in [0.29, 0.717) is 17.1 Å². The SMILES string of the molecule is COc1cc(C=Nc2sc3c(c2C#N)CCCC3)ccc1OCC(=O)Nc1cccc(C)c1. The molecule has 0 spiro atoms. The van der Waals surface area contributed by atoms with E-state index < -0.39 is 0 Å². The summed E-state index contributed by atoms with van der Waals surface area (Å²) in [7, 11) is 1.55. The lowest BCUT2D eigenvalue weighted by Gasteiger charge is -2.11. The smallest absolute Gasteiger partial charge is 0.262 e. The lowest BCUT2D eigenvalue weighted by atomic mass is 9.96. The number of aliphatic imine (C=N–C) groups is 1. The number of hydrogen-bond acceptors (Lipinski definition) is 6. The molecule has 0 unspecified atom stereocenters. The van der Waals surface area contributed by atoms with Crippen LogP contribution in [0.4, 0.5) is 10.7 Å². The molecule has 33 heavy (non-hydrogen) atoms. The molecule has 1 heterocycles. The van der Waals surface area contributed by atoms with Crippen LogP contribution >= 0.6 is 11.3 Å². The van der Waals surface area contributed by atoms with Crippen LogP contribution in [0.5, 0.6) is 11.5 Å². The summed E-state index contributed by atoms with van der Waals surface area (Å²) in [6.45, 7) is 1.83. The third kappa shape index (κ3) is 5.41. The second kappa shape index (κ2) is 10.3. The molecule has 0 fully saturated rings. The van der Waals surface area contributed by atoms with E-state index in [0.717, 1.165) is 41.1 Å². The number of nitrogens with zero attached hydrogens (tertiary/aromatic N) is 2. The van der Waals surface area contributed by atoms with Crippen molar-refractivity contribution in [2.24, 2.45) is 4.99 Å². The molecule has 0 aliphatic heterocycles. The quantitative estimate of drug-likeness (QED) is 0.467. The molecule has 0 saturated heterocycles. The topological polar surface area (TPSA) is 83.7 Å². The lowest BCUT2D eigenvalue weighted by molar-refractivity contribution is -0.118. The molecule has 7 heteroatoms. The van der Waals surface area contributed by atoms with E-state index in [2.05, 4.69) is 16.4 Å². The van der Waals surface area contributed by atoms with Crippen molar-refractivity contribution < 1.29 is 14.3 Å². The Kier molecular flexibility index (Phi) is 7.06. The average Bonchev–Trinajstić information content (AvgIpc) is 3.19. The molecule has 0 saturated carbocycles. The molecule has 4 rings (SSSR count). The molecule has 3 aromatic rings. The van der Waals surface area contributed by atoms with E-state index >= 15 is 0 Å². The molecule has 1 N–H and O–H groups in total. The predicted octanol–water partition coefficient (Wildman–Crippen LogP) is 5.58. The van der Waals surface area contributed by atoms with Gasteiger partial charge in [-0.05, 0) is 79.6 Å². The van der Waals surface area contributed by atoms with Crippen molar-refractivity contribution in [3.63, 3.8) is 0 Å². The van der Waals surface area contributed by atoms with Gasteiger partial charge >= 0.3 is 0 Å². The van der Waals surface area contributed by atoms with Gasteiger partial charge < -0.3 is 14.8 Å². The number of hydrogen-bond donors (Lipinski definition) is 1. The van der Waals surface area contributed by atoms with Crippen molar-refractivity contribution in [2.75, 3.05) is 19.0 Å². The van der Waals surface area contributed by atoms with Crippen molar-refractivity contribution in [3.8, 4) is 17.6 Å². The summed E-state index contributed by atoms with van der Waals surface area (Å²) in [6, 6.07) is 15.3. The lowest BCUT2D eigenvalue weighted by Crippen LogP contribution is -2.20. The monoisotopic (exact) mass is 459 g/mol. The number of carbonyl (C=O) groups is 1. The minimum Gasteiger partial charge on any atom is -0.493 e. The molecule has 0 bridgehead atoms. The molecule has 168 valence electrons. The Labute approximate surface area is 197 Å². The summed E-state index contributed by atoms with van der Waals surface area (Å²) < 4.78 is 11.1. The fourth-order valence-electron chi connectivity index (χ4n) is 3.84. The first-order valence-electron chi connectivity index (χ1n) is 10.8. The Morgan fingerprint density at radius 1 is 1.21 bits per heavy atom. The zero-order valence-electron chi connectivity index (χ0n) is 18.7. The van der Waals surface area contributed by atoms with Gasteiger partial charge in [-0.3, -0.25) is 4.79 Å². The van der Waals surface area contributed by atoms with E-state index in [1.165, 1.54) is 16.9 Å². The molecule has 2 aromatic carbocycles. The number of aryl methyl sites for hydroxylation is 2. The van der Waals surface area contributed by atoms with Gasteiger partial charge in [0.15, 0.2) is 18.1 Å². The van der Waals surface area contributed by atoms with Crippen LogP contribution < -0.4 is 14.8 Å². The van der Waals surface area contributed by atoms with E-state index in [1.54, 1.807) is 36.8 Å². The number of nitrogens with one attached hydrogen (secondary N) is 1. The fraction of sp³-hybridized carbons (Fsp3) is 0.269. The Hall–Kier alpha value is -3.63. The molecule has 1 aliphatic rings. The maximum absolute atomic E-state index is 12.2. The molecule has 6 nitrogen and oxygen atoms in total. The van der Waals surface area contributed by atoms with E-state index in [9.17, 15) is 10.1 Å². The Balaban J connectivity index is 1.43. The summed E-state index contributed by atoms with van der Waals surface area (Å²) in [6.07, 6.45) is 6.02. The van der Waals surface area contributed by atoms with Gasteiger partial charge in [-0.2, -0.15) is 5.26 Å². The van der Waals surface area contributed by atoms with E-state index in [1.807, 2.05) is 37.3 Å². The standard InChI is InChI=1S/C26H25N3O3S/c1-17-6-5-7-19(12-17)29-25(30)16-32-22-11-10-18(13-23(22)31-2)15-28-26-21(14-27)20-8-3-4-9-24(20)33-26/h5-7,10-13,15H,3-4,8-9,16H2,1-2H3,(H,29,30). The molecule has 1 aromatic heterocycles. The highest BCUT2D eigenvalue weighted by Crippen LogP contribution is 2.39. The average molecular weight is 460 g/mol. The highest BCUT2D eigenvalue weighted by Gasteiger charge is 2.20.